The second-order valence-corrected chi connectivity index (χ2v) is 4.13. The first-order valence-electron chi connectivity index (χ1n) is 5.39. The lowest BCUT2D eigenvalue weighted by atomic mass is 10.1. The van der Waals surface area contributed by atoms with Crippen molar-refractivity contribution in [2.24, 2.45) is 0 Å². The summed E-state index contributed by atoms with van der Waals surface area (Å²) in [7, 11) is 0. The SMILES string of the molecule is CCOc1ccc(C(=O)CCBr)cc1OC(F)F. The van der Waals surface area contributed by atoms with Gasteiger partial charge in [-0.25, -0.2) is 0 Å². The van der Waals surface area contributed by atoms with Gasteiger partial charge in [-0.05, 0) is 25.1 Å². The highest BCUT2D eigenvalue weighted by molar-refractivity contribution is 9.09. The first-order chi connectivity index (χ1) is 8.58. The predicted octanol–water partition coefficient (Wildman–Crippen LogP) is 3.65. The molecule has 0 aliphatic carbocycles. The predicted molar refractivity (Wildman–Crippen MR) is 67.0 cm³/mol. The van der Waals surface area contributed by atoms with Gasteiger partial charge in [0.15, 0.2) is 17.3 Å². The fraction of sp³-hybridized carbons (Fsp3) is 0.417. The second kappa shape index (κ2) is 7.31. The van der Waals surface area contributed by atoms with E-state index in [1.807, 2.05) is 0 Å². The van der Waals surface area contributed by atoms with Crippen molar-refractivity contribution in [1.82, 2.24) is 0 Å². The molecule has 0 spiro atoms. The van der Waals surface area contributed by atoms with Gasteiger partial charge in [-0.2, -0.15) is 8.78 Å². The molecular formula is C12H13BrF2O3. The van der Waals surface area contributed by atoms with Crippen LogP contribution in [0.3, 0.4) is 0 Å². The molecule has 0 radical (unpaired) electrons. The van der Waals surface area contributed by atoms with Crippen molar-refractivity contribution >= 4 is 21.7 Å². The first kappa shape index (κ1) is 14.9. The van der Waals surface area contributed by atoms with Crippen LogP contribution in [-0.2, 0) is 0 Å². The minimum atomic E-state index is -2.95. The van der Waals surface area contributed by atoms with Crippen LogP contribution in [0.5, 0.6) is 11.5 Å². The average molecular weight is 323 g/mol. The average Bonchev–Trinajstić information content (AvgIpc) is 2.31. The summed E-state index contributed by atoms with van der Waals surface area (Å²) in [6.45, 7) is -0.893. The first-order valence-corrected chi connectivity index (χ1v) is 6.51. The van der Waals surface area contributed by atoms with Crippen LogP contribution in [0, 0.1) is 0 Å². The molecule has 0 atom stereocenters. The number of halogens is 3. The number of ether oxygens (including phenoxy) is 2. The minimum absolute atomic E-state index is 0.118. The van der Waals surface area contributed by atoms with Crippen molar-refractivity contribution in [3.8, 4) is 11.5 Å². The quantitative estimate of drug-likeness (QED) is 0.567. The summed E-state index contributed by atoms with van der Waals surface area (Å²) in [6.07, 6.45) is 0.294. The number of hydrogen-bond acceptors (Lipinski definition) is 3. The summed E-state index contributed by atoms with van der Waals surface area (Å²) in [6, 6.07) is 4.28. The van der Waals surface area contributed by atoms with Crippen molar-refractivity contribution in [3.05, 3.63) is 23.8 Å². The number of rotatable bonds is 7. The molecule has 0 fully saturated rings. The van der Waals surface area contributed by atoms with Gasteiger partial charge in [0.05, 0.1) is 6.61 Å². The van der Waals surface area contributed by atoms with Crippen LogP contribution in [0.4, 0.5) is 8.78 Å². The normalized spacial score (nSPS) is 10.5. The van der Waals surface area contributed by atoms with Gasteiger partial charge < -0.3 is 9.47 Å². The largest absolute Gasteiger partial charge is 0.490 e. The fourth-order valence-electron chi connectivity index (χ4n) is 1.37. The zero-order valence-electron chi connectivity index (χ0n) is 9.79. The third-order valence-corrected chi connectivity index (χ3v) is 2.50. The molecule has 18 heavy (non-hydrogen) atoms. The van der Waals surface area contributed by atoms with Crippen LogP contribution in [0.25, 0.3) is 0 Å². The van der Waals surface area contributed by atoms with Crippen LogP contribution in [-0.4, -0.2) is 24.3 Å². The highest BCUT2D eigenvalue weighted by Crippen LogP contribution is 2.30. The third kappa shape index (κ3) is 4.25. The number of Topliss-reactive ketones (excluding diaryl/α,β-unsaturated/α-hetero) is 1. The molecule has 0 N–H and O–H groups in total. The minimum Gasteiger partial charge on any atom is -0.490 e. The molecular weight excluding hydrogens is 310 g/mol. The van der Waals surface area contributed by atoms with Gasteiger partial charge in [0.1, 0.15) is 0 Å². The standard InChI is InChI=1S/C12H13BrF2O3/c1-2-17-10-4-3-8(9(16)5-6-13)7-11(10)18-12(14)15/h3-4,7,12H,2,5-6H2,1H3. The van der Waals surface area contributed by atoms with E-state index >= 15 is 0 Å². The molecule has 0 amide bonds. The Morgan fingerprint density at radius 2 is 2.11 bits per heavy atom. The van der Waals surface area contributed by atoms with Crippen LogP contribution in [0.15, 0.2) is 18.2 Å². The van der Waals surface area contributed by atoms with Gasteiger partial charge in [-0.1, -0.05) is 15.9 Å². The van der Waals surface area contributed by atoms with E-state index in [0.29, 0.717) is 23.9 Å². The van der Waals surface area contributed by atoms with Crippen molar-refractivity contribution < 1.29 is 23.0 Å². The number of alkyl halides is 3. The molecule has 0 unspecified atom stereocenters. The van der Waals surface area contributed by atoms with Crippen LogP contribution in [0.2, 0.25) is 0 Å². The summed E-state index contributed by atoms with van der Waals surface area (Å²) in [5.41, 5.74) is 0.327. The summed E-state index contributed by atoms with van der Waals surface area (Å²) < 4.78 is 34.0. The number of hydrogen-bond donors (Lipinski definition) is 0. The van der Waals surface area contributed by atoms with E-state index in [0.717, 1.165) is 0 Å². The van der Waals surface area contributed by atoms with Gasteiger partial charge in [0.25, 0.3) is 0 Å². The molecule has 0 aliphatic rings. The summed E-state index contributed by atoms with van der Waals surface area (Å²) in [5, 5.41) is 0.518. The van der Waals surface area contributed by atoms with E-state index in [1.54, 1.807) is 6.92 Å². The molecule has 6 heteroatoms. The van der Waals surface area contributed by atoms with E-state index in [2.05, 4.69) is 20.7 Å². The summed E-state index contributed by atoms with van der Waals surface area (Å²) in [4.78, 5) is 11.6. The Bertz CT molecular complexity index is 410. The van der Waals surface area contributed by atoms with Gasteiger partial charge in [0, 0.05) is 17.3 Å². The Hall–Kier alpha value is -1.17. The van der Waals surface area contributed by atoms with Crippen molar-refractivity contribution in [3.63, 3.8) is 0 Å². The van der Waals surface area contributed by atoms with Crippen molar-refractivity contribution in [2.75, 3.05) is 11.9 Å². The monoisotopic (exact) mass is 322 g/mol. The molecule has 0 heterocycles. The topological polar surface area (TPSA) is 35.5 Å². The fourth-order valence-corrected chi connectivity index (χ4v) is 1.73. The lowest BCUT2D eigenvalue weighted by molar-refractivity contribution is -0.0514. The maximum absolute atomic E-state index is 12.3. The van der Waals surface area contributed by atoms with E-state index < -0.39 is 6.61 Å². The number of carbonyl (C=O) groups excluding carboxylic acids is 1. The Balaban J connectivity index is 3.00. The molecule has 0 bridgehead atoms. The highest BCUT2D eigenvalue weighted by Gasteiger charge is 2.14. The van der Waals surface area contributed by atoms with Crippen LogP contribution >= 0.6 is 15.9 Å². The van der Waals surface area contributed by atoms with Crippen molar-refractivity contribution in [2.45, 2.75) is 20.0 Å². The summed E-state index contributed by atoms with van der Waals surface area (Å²) in [5.74, 6) is -0.0606. The zero-order chi connectivity index (χ0) is 13.5. The van der Waals surface area contributed by atoms with Crippen LogP contribution in [0.1, 0.15) is 23.7 Å². The van der Waals surface area contributed by atoms with Gasteiger partial charge in [0.2, 0.25) is 0 Å². The maximum atomic E-state index is 12.3. The number of carbonyl (C=O) groups is 1. The molecule has 1 aromatic carbocycles. The molecule has 0 saturated heterocycles. The van der Waals surface area contributed by atoms with E-state index in [9.17, 15) is 13.6 Å². The summed E-state index contributed by atoms with van der Waals surface area (Å²) >= 11 is 3.15. The molecule has 0 saturated carbocycles. The molecule has 1 aromatic rings. The van der Waals surface area contributed by atoms with E-state index in [4.69, 9.17) is 4.74 Å². The van der Waals surface area contributed by atoms with Crippen LogP contribution < -0.4 is 9.47 Å². The molecule has 1 rings (SSSR count). The second-order valence-electron chi connectivity index (χ2n) is 3.34. The molecule has 3 nitrogen and oxygen atoms in total. The lowest BCUT2D eigenvalue weighted by Gasteiger charge is -2.12. The smallest absolute Gasteiger partial charge is 0.387 e. The number of ketones is 1. The third-order valence-electron chi connectivity index (χ3n) is 2.10. The number of benzene rings is 1. The van der Waals surface area contributed by atoms with Gasteiger partial charge in [-0.3, -0.25) is 4.79 Å². The van der Waals surface area contributed by atoms with Crippen molar-refractivity contribution in [1.29, 1.82) is 0 Å². The van der Waals surface area contributed by atoms with E-state index in [-0.39, 0.29) is 17.3 Å². The van der Waals surface area contributed by atoms with Gasteiger partial charge >= 0.3 is 6.61 Å². The Kier molecular flexibility index (Phi) is 6.04. The Morgan fingerprint density at radius 1 is 1.39 bits per heavy atom. The molecule has 0 aromatic heterocycles. The highest BCUT2D eigenvalue weighted by atomic mass is 79.9. The molecule has 0 aliphatic heterocycles. The van der Waals surface area contributed by atoms with E-state index in [1.165, 1.54) is 18.2 Å². The molecule has 100 valence electrons. The van der Waals surface area contributed by atoms with Gasteiger partial charge in [-0.15, -0.1) is 0 Å². The zero-order valence-corrected chi connectivity index (χ0v) is 11.4. The lowest BCUT2D eigenvalue weighted by Crippen LogP contribution is -2.07. The Labute approximate surface area is 112 Å². The maximum Gasteiger partial charge on any atom is 0.387 e. The Morgan fingerprint density at radius 3 is 2.67 bits per heavy atom.